The van der Waals surface area contributed by atoms with Crippen LogP contribution in [0.1, 0.15) is 17.9 Å². The molecule has 2 aromatic rings. The molecule has 2 aromatic heterocycles. The third-order valence-electron chi connectivity index (χ3n) is 1.65. The van der Waals surface area contributed by atoms with Crippen LogP contribution in [-0.2, 0) is 5.33 Å². The van der Waals surface area contributed by atoms with Crippen molar-refractivity contribution >= 4 is 27.3 Å². The summed E-state index contributed by atoms with van der Waals surface area (Å²) in [6.45, 7) is 0. The Labute approximate surface area is 96.3 Å². The van der Waals surface area contributed by atoms with E-state index in [-0.39, 0.29) is 5.89 Å². The van der Waals surface area contributed by atoms with Crippen LogP contribution in [0.4, 0.5) is 8.78 Å². The van der Waals surface area contributed by atoms with Crippen molar-refractivity contribution in [1.82, 2.24) is 10.2 Å². The highest BCUT2D eigenvalue weighted by Gasteiger charge is 2.17. The molecule has 15 heavy (non-hydrogen) atoms. The lowest BCUT2D eigenvalue weighted by Gasteiger charge is -1.88. The predicted octanol–water partition coefficient (Wildman–Crippen LogP) is 3.63. The highest BCUT2D eigenvalue weighted by molar-refractivity contribution is 9.08. The number of aromatic nitrogens is 2. The summed E-state index contributed by atoms with van der Waals surface area (Å²) in [5, 5.41) is 9.42. The van der Waals surface area contributed by atoms with E-state index in [9.17, 15) is 8.78 Å². The summed E-state index contributed by atoms with van der Waals surface area (Å²) in [5.41, 5.74) is 1.05. The number of halogens is 3. The van der Waals surface area contributed by atoms with E-state index >= 15 is 0 Å². The highest BCUT2D eigenvalue weighted by atomic mass is 79.9. The second-order valence-corrected chi connectivity index (χ2v) is 4.17. The Morgan fingerprint density at radius 2 is 2.27 bits per heavy atom. The molecule has 3 nitrogen and oxygen atoms in total. The fourth-order valence-electron chi connectivity index (χ4n) is 0.980. The minimum atomic E-state index is -2.72. The summed E-state index contributed by atoms with van der Waals surface area (Å²) in [5.74, 6) is -0.499. The van der Waals surface area contributed by atoms with Crippen molar-refractivity contribution in [3.8, 4) is 10.8 Å². The maximum atomic E-state index is 12.2. The first-order chi connectivity index (χ1) is 7.20. The molecule has 0 saturated carbocycles. The lowest BCUT2D eigenvalue weighted by Crippen LogP contribution is -1.81. The van der Waals surface area contributed by atoms with Crippen molar-refractivity contribution in [2.45, 2.75) is 11.8 Å². The van der Waals surface area contributed by atoms with Crippen molar-refractivity contribution in [2.24, 2.45) is 0 Å². The zero-order chi connectivity index (χ0) is 10.8. The van der Waals surface area contributed by atoms with Crippen LogP contribution in [0.5, 0.6) is 0 Å². The predicted molar refractivity (Wildman–Crippen MR) is 55.2 cm³/mol. The van der Waals surface area contributed by atoms with E-state index in [1.54, 1.807) is 0 Å². The van der Waals surface area contributed by atoms with E-state index in [1.165, 1.54) is 11.3 Å². The molecule has 0 radical (unpaired) electrons. The van der Waals surface area contributed by atoms with Crippen molar-refractivity contribution in [2.75, 3.05) is 0 Å². The van der Waals surface area contributed by atoms with Crippen LogP contribution in [0, 0.1) is 0 Å². The van der Waals surface area contributed by atoms with Crippen molar-refractivity contribution in [1.29, 1.82) is 0 Å². The average molecular weight is 295 g/mol. The van der Waals surface area contributed by atoms with Gasteiger partial charge in [0.1, 0.15) is 0 Å². The van der Waals surface area contributed by atoms with Crippen molar-refractivity contribution in [3.63, 3.8) is 0 Å². The van der Waals surface area contributed by atoms with E-state index in [1.807, 2.05) is 11.4 Å². The van der Waals surface area contributed by atoms with E-state index in [0.29, 0.717) is 10.2 Å². The molecule has 0 aliphatic rings. The maximum absolute atomic E-state index is 12.2. The molecule has 0 bridgehead atoms. The van der Waals surface area contributed by atoms with E-state index < -0.39 is 12.3 Å². The summed E-state index contributed by atoms with van der Waals surface area (Å²) in [6, 6.07) is 1.82. The van der Waals surface area contributed by atoms with Gasteiger partial charge in [-0.2, -0.15) is 8.78 Å². The lowest BCUT2D eigenvalue weighted by atomic mass is 10.3. The summed E-state index contributed by atoms with van der Waals surface area (Å²) >= 11 is 4.67. The molecule has 0 N–H and O–H groups in total. The van der Waals surface area contributed by atoms with Crippen molar-refractivity contribution in [3.05, 3.63) is 22.9 Å². The molecule has 2 rings (SSSR count). The molecular formula is C8H5BrF2N2OS. The standard InChI is InChI=1S/C8H5BrF2N2OS/c9-2-4-1-5(15-3-4)7-12-13-8(14-7)6(10)11/h1,3,6H,2H2. The topological polar surface area (TPSA) is 38.9 Å². The van der Waals surface area contributed by atoms with Gasteiger partial charge in [0.2, 0.25) is 0 Å². The SMILES string of the molecule is FC(F)c1nnc(-c2cc(CBr)cs2)o1. The third-order valence-corrected chi connectivity index (χ3v) is 3.26. The van der Waals surface area contributed by atoms with Gasteiger partial charge in [-0.1, -0.05) is 15.9 Å². The summed E-state index contributed by atoms with van der Waals surface area (Å²) < 4.78 is 29.1. The Morgan fingerprint density at radius 3 is 2.80 bits per heavy atom. The number of hydrogen-bond donors (Lipinski definition) is 0. The first-order valence-electron chi connectivity index (χ1n) is 3.96. The minimum absolute atomic E-state index is 0.141. The van der Waals surface area contributed by atoms with Crippen LogP contribution >= 0.6 is 27.3 Å². The van der Waals surface area contributed by atoms with Crippen LogP contribution in [0.25, 0.3) is 10.8 Å². The summed E-state index contributed by atoms with van der Waals surface area (Å²) in [7, 11) is 0. The fraction of sp³-hybridized carbons (Fsp3) is 0.250. The molecule has 0 saturated heterocycles. The first-order valence-corrected chi connectivity index (χ1v) is 5.96. The van der Waals surface area contributed by atoms with Crippen LogP contribution in [0.15, 0.2) is 15.9 Å². The van der Waals surface area contributed by atoms with Crippen LogP contribution in [0.2, 0.25) is 0 Å². The Morgan fingerprint density at radius 1 is 1.47 bits per heavy atom. The fourth-order valence-corrected chi connectivity index (χ4v) is 2.35. The molecule has 0 aliphatic heterocycles. The zero-order valence-electron chi connectivity index (χ0n) is 7.28. The summed E-state index contributed by atoms with van der Waals surface area (Å²) in [6.07, 6.45) is -2.72. The van der Waals surface area contributed by atoms with Gasteiger partial charge in [-0.15, -0.1) is 21.5 Å². The quantitative estimate of drug-likeness (QED) is 0.812. The van der Waals surface area contributed by atoms with Gasteiger partial charge in [0.05, 0.1) is 4.88 Å². The first kappa shape index (κ1) is 10.7. The molecule has 0 spiro atoms. The largest absolute Gasteiger partial charge is 0.414 e. The zero-order valence-corrected chi connectivity index (χ0v) is 9.69. The molecule has 7 heteroatoms. The summed E-state index contributed by atoms with van der Waals surface area (Å²) in [4.78, 5) is 0.698. The lowest BCUT2D eigenvalue weighted by molar-refractivity contribution is 0.116. The molecule has 0 atom stereocenters. The second-order valence-electron chi connectivity index (χ2n) is 2.70. The smallest absolute Gasteiger partial charge is 0.314 e. The second kappa shape index (κ2) is 4.36. The molecule has 0 amide bonds. The molecule has 0 unspecified atom stereocenters. The Bertz CT molecular complexity index is 457. The highest BCUT2D eigenvalue weighted by Crippen LogP contribution is 2.29. The molecule has 0 fully saturated rings. The van der Waals surface area contributed by atoms with Gasteiger partial charge in [-0.25, -0.2) is 0 Å². The maximum Gasteiger partial charge on any atom is 0.314 e. The average Bonchev–Trinajstić information content (AvgIpc) is 2.86. The van der Waals surface area contributed by atoms with E-state index in [2.05, 4.69) is 26.1 Å². The Hall–Kier alpha value is -0.820. The monoisotopic (exact) mass is 294 g/mol. The van der Waals surface area contributed by atoms with Gasteiger partial charge < -0.3 is 4.42 Å². The van der Waals surface area contributed by atoms with Gasteiger partial charge in [0.15, 0.2) is 0 Å². The van der Waals surface area contributed by atoms with E-state index in [4.69, 9.17) is 4.42 Å². The minimum Gasteiger partial charge on any atom is -0.414 e. The molecule has 0 aliphatic carbocycles. The number of thiophene rings is 1. The van der Waals surface area contributed by atoms with Gasteiger partial charge >= 0.3 is 6.43 Å². The molecule has 2 heterocycles. The van der Waals surface area contributed by atoms with E-state index in [0.717, 1.165) is 5.56 Å². The van der Waals surface area contributed by atoms with Gasteiger partial charge in [-0.3, -0.25) is 0 Å². The van der Waals surface area contributed by atoms with Gasteiger partial charge in [0, 0.05) is 5.33 Å². The molecular weight excluding hydrogens is 290 g/mol. The number of hydrogen-bond acceptors (Lipinski definition) is 4. The van der Waals surface area contributed by atoms with Gasteiger partial charge in [-0.05, 0) is 17.0 Å². The normalized spacial score (nSPS) is 11.2. The van der Waals surface area contributed by atoms with Crippen LogP contribution in [0.3, 0.4) is 0 Å². The molecule has 0 aromatic carbocycles. The third kappa shape index (κ3) is 2.23. The van der Waals surface area contributed by atoms with Crippen LogP contribution in [-0.4, -0.2) is 10.2 Å². The number of rotatable bonds is 3. The van der Waals surface area contributed by atoms with Crippen LogP contribution < -0.4 is 0 Å². The number of nitrogens with zero attached hydrogens (tertiary/aromatic N) is 2. The van der Waals surface area contributed by atoms with Gasteiger partial charge in [0.25, 0.3) is 11.8 Å². The Balaban J connectivity index is 2.28. The number of alkyl halides is 3. The van der Waals surface area contributed by atoms with Crippen molar-refractivity contribution < 1.29 is 13.2 Å². The Kier molecular flexibility index (Phi) is 3.11. The molecule has 80 valence electrons.